The third-order valence-electron chi connectivity index (χ3n) is 2.35. The standard InChI is InChI=1S/C9H10BrN3O2/c10-9-12-6-2-1-3-11-7(6)8(15)13(9)4-5-14/h5,11H,1-4H2. The van der Waals surface area contributed by atoms with Gasteiger partial charge in [-0.15, -0.1) is 0 Å². The number of halogens is 1. The van der Waals surface area contributed by atoms with Gasteiger partial charge in [-0.2, -0.15) is 0 Å². The smallest absolute Gasteiger partial charge is 0.278 e. The Morgan fingerprint density at radius 3 is 3.13 bits per heavy atom. The van der Waals surface area contributed by atoms with Crippen molar-refractivity contribution in [1.29, 1.82) is 0 Å². The van der Waals surface area contributed by atoms with Gasteiger partial charge < -0.3 is 10.1 Å². The van der Waals surface area contributed by atoms with E-state index in [0.29, 0.717) is 16.7 Å². The summed E-state index contributed by atoms with van der Waals surface area (Å²) >= 11 is 3.19. The number of nitrogens with zero attached hydrogens (tertiary/aromatic N) is 2. The Morgan fingerprint density at radius 1 is 1.60 bits per heavy atom. The van der Waals surface area contributed by atoms with E-state index in [-0.39, 0.29) is 12.1 Å². The predicted octanol–water partition coefficient (Wildman–Crippen LogP) is 0.563. The third-order valence-corrected chi connectivity index (χ3v) is 2.95. The maximum atomic E-state index is 11.9. The molecule has 0 radical (unpaired) electrons. The molecular weight excluding hydrogens is 262 g/mol. The normalized spacial score (nSPS) is 14.2. The van der Waals surface area contributed by atoms with Crippen LogP contribution in [0.25, 0.3) is 0 Å². The van der Waals surface area contributed by atoms with E-state index in [1.165, 1.54) is 4.57 Å². The number of anilines is 1. The van der Waals surface area contributed by atoms with E-state index < -0.39 is 0 Å². The van der Waals surface area contributed by atoms with Crippen LogP contribution in [-0.2, 0) is 17.8 Å². The molecule has 0 bridgehead atoms. The summed E-state index contributed by atoms with van der Waals surface area (Å²) in [5.41, 5.74) is 1.13. The van der Waals surface area contributed by atoms with Gasteiger partial charge in [0.2, 0.25) is 0 Å². The second-order valence-electron chi connectivity index (χ2n) is 3.32. The van der Waals surface area contributed by atoms with Gasteiger partial charge >= 0.3 is 0 Å². The maximum Gasteiger partial charge on any atom is 0.278 e. The van der Waals surface area contributed by atoms with Crippen LogP contribution in [0, 0.1) is 0 Å². The van der Waals surface area contributed by atoms with Crippen molar-refractivity contribution in [2.24, 2.45) is 0 Å². The van der Waals surface area contributed by atoms with Crippen molar-refractivity contribution in [3.05, 3.63) is 20.8 Å². The first-order valence-electron chi connectivity index (χ1n) is 4.70. The van der Waals surface area contributed by atoms with Gasteiger partial charge in [-0.05, 0) is 28.8 Å². The zero-order valence-corrected chi connectivity index (χ0v) is 9.58. The molecule has 1 aliphatic heterocycles. The first-order valence-corrected chi connectivity index (χ1v) is 5.50. The Hall–Kier alpha value is -1.17. The number of carbonyl (C=O) groups excluding carboxylic acids is 1. The molecule has 1 N–H and O–H groups in total. The monoisotopic (exact) mass is 271 g/mol. The molecule has 0 aliphatic carbocycles. The lowest BCUT2D eigenvalue weighted by molar-refractivity contribution is -0.108. The summed E-state index contributed by atoms with van der Waals surface area (Å²) in [5, 5.41) is 3.02. The van der Waals surface area contributed by atoms with E-state index >= 15 is 0 Å². The summed E-state index contributed by atoms with van der Waals surface area (Å²) in [4.78, 5) is 26.6. The van der Waals surface area contributed by atoms with Crippen molar-refractivity contribution in [3.63, 3.8) is 0 Å². The van der Waals surface area contributed by atoms with E-state index in [9.17, 15) is 9.59 Å². The van der Waals surface area contributed by atoms with Gasteiger partial charge in [0.25, 0.3) is 5.56 Å². The molecule has 15 heavy (non-hydrogen) atoms. The van der Waals surface area contributed by atoms with Gasteiger partial charge in [-0.25, -0.2) is 4.98 Å². The minimum Gasteiger partial charge on any atom is -0.379 e. The zero-order chi connectivity index (χ0) is 10.8. The number of hydrogen-bond acceptors (Lipinski definition) is 4. The van der Waals surface area contributed by atoms with Gasteiger partial charge in [0, 0.05) is 6.54 Å². The molecule has 0 aromatic carbocycles. The number of fused-ring (bicyclic) bond motifs is 1. The highest BCUT2D eigenvalue weighted by molar-refractivity contribution is 9.10. The molecule has 0 unspecified atom stereocenters. The first kappa shape index (κ1) is 10.4. The lowest BCUT2D eigenvalue weighted by atomic mass is 10.1. The summed E-state index contributed by atoms with van der Waals surface area (Å²) in [6.45, 7) is 0.814. The number of aryl methyl sites for hydroxylation is 1. The van der Waals surface area contributed by atoms with E-state index in [1.807, 2.05) is 0 Å². The number of carbonyl (C=O) groups is 1. The molecule has 0 atom stereocenters. The molecule has 2 heterocycles. The quantitative estimate of drug-likeness (QED) is 0.631. The van der Waals surface area contributed by atoms with Crippen LogP contribution in [0.4, 0.5) is 5.69 Å². The van der Waals surface area contributed by atoms with E-state index in [0.717, 1.165) is 25.1 Å². The predicted molar refractivity (Wildman–Crippen MR) is 59.1 cm³/mol. The third kappa shape index (κ3) is 1.81. The summed E-state index contributed by atoms with van der Waals surface area (Å²) < 4.78 is 1.73. The number of nitrogens with one attached hydrogen (secondary N) is 1. The Balaban J connectivity index is 2.59. The topological polar surface area (TPSA) is 64.0 Å². The molecule has 2 rings (SSSR count). The lowest BCUT2D eigenvalue weighted by Gasteiger charge is -2.18. The SMILES string of the molecule is O=CCn1c(Br)nc2c(c1=O)NCCC2. The van der Waals surface area contributed by atoms with Gasteiger partial charge in [0.1, 0.15) is 12.0 Å². The Kier molecular flexibility index (Phi) is 2.86. The lowest BCUT2D eigenvalue weighted by Crippen LogP contribution is -2.30. The molecule has 1 aromatic heterocycles. The maximum absolute atomic E-state index is 11.9. The van der Waals surface area contributed by atoms with Gasteiger partial charge in [0.15, 0.2) is 4.73 Å². The van der Waals surface area contributed by atoms with Crippen LogP contribution in [0.3, 0.4) is 0 Å². The van der Waals surface area contributed by atoms with Crippen LogP contribution >= 0.6 is 15.9 Å². The molecule has 6 heteroatoms. The molecular formula is C9H10BrN3O2. The van der Waals surface area contributed by atoms with Gasteiger partial charge in [-0.1, -0.05) is 0 Å². The largest absolute Gasteiger partial charge is 0.379 e. The Morgan fingerprint density at radius 2 is 2.40 bits per heavy atom. The average molecular weight is 272 g/mol. The Bertz CT molecular complexity index is 455. The highest BCUT2D eigenvalue weighted by Gasteiger charge is 2.17. The van der Waals surface area contributed by atoms with Crippen LogP contribution < -0.4 is 10.9 Å². The fourth-order valence-electron chi connectivity index (χ4n) is 1.63. The Labute approximate surface area is 94.6 Å². The van der Waals surface area contributed by atoms with E-state index in [1.54, 1.807) is 0 Å². The van der Waals surface area contributed by atoms with Crippen LogP contribution in [-0.4, -0.2) is 22.4 Å². The molecule has 0 fully saturated rings. The first-order chi connectivity index (χ1) is 7.24. The molecule has 5 nitrogen and oxygen atoms in total. The minimum atomic E-state index is -0.182. The number of aromatic nitrogens is 2. The molecule has 80 valence electrons. The van der Waals surface area contributed by atoms with Crippen molar-refractivity contribution in [2.45, 2.75) is 19.4 Å². The summed E-state index contributed by atoms with van der Waals surface area (Å²) in [5.74, 6) is 0. The van der Waals surface area contributed by atoms with E-state index in [4.69, 9.17) is 0 Å². The summed E-state index contributed by atoms with van der Waals surface area (Å²) in [6.07, 6.45) is 2.46. The summed E-state index contributed by atoms with van der Waals surface area (Å²) in [7, 11) is 0. The summed E-state index contributed by atoms with van der Waals surface area (Å²) in [6, 6.07) is 0. The molecule has 1 aromatic rings. The van der Waals surface area contributed by atoms with Crippen LogP contribution in [0.1, 0.15) is 12.1 Å². The highest BCUT2D eigenvalue weighted by Crippen LogP contribution is 2.17. The van der Waals surface area contributed by atoms with Crippen LogP contribution in [0.5, 0.6) is 0 Å². The van der Waals surface area contributed by atoms with Crippen molar-refractivity contribution in [2.75, 3.05) is 11.9 Å². The number of rotatable bonds is 2. The van der Waals surface area contributed by atoms with Crippen molar-refractivity contribution in [3.8, 4) is 0 Å². The molecule has 0 saturated carbocycles. The minimum absolute atomic E-state index is 0.0291. The van der Waals surface area contributed by atoms with Crippen molar-refractivity contribution in [1.82, 2.24) is 9.55 Å². The number of hydrogen-bond donors (Lipinski definition) is 1. The number of aldehydes is 1. The van der Waals surface area contributed by atoms with Crippen LogP contribution in [0.2, 0.25) is 0 Å². The molecule has 0 spiro atoms. The van der Waals surface area contributed by atoms with Crippen LogP contribution in [0.15, 0.2) is 9.53 Å². The zero-order valence-electron chi connectivity index (χ0n) is 7.99. The van der Waals surface area contributed by atoms with Crippen molar-refractivity contribution < 1.29 is 4.79 Å². The fraction of sp³-hybridized carbons (Fsp3) is 0.444. The second kappa shape index (κ2) is 4.14. The molecule has 0 amide bonds. The van der Waals surface area contributed by atoms with Crippen molar-refractivity contribution >= 4 is 27.9 Å². The van der Waals surface area contributed by atoms with E-state index in [2.05, 4.69) is 26.2 Å². The fourth-order valence-corrected chi connectivity index (χ4v) is 2.15. The van der Waals surface area contributed by atoms with Gasteiger partial charge in [0.05, 0.1) is 12.2 Å². The second-order valence-corrected chi connectivity index (χ2v) is 4.02. The molecule has 1 aliphatic rings. The average Bonchev–Trinajstić information content (AvgIpc) is 2.24. The molecule has 0 saturated heterocycles. The van der Waals surface area contributed by atoms with Gasteiger partial charge in [-0.3, -0.25) is 9.36 Å². The highest BCUT2D eigenvalue weighted by atomic mass is 79.9.